The molecule has 0 aromatic carbocycles. The van der Waals surface area contributed by atoms with Crippen molar-refractivity contribution in [2.24, 2.45) is 29.1 Å². The van der Waals surface area contributed by atoms with E-state index in [2.05, 4.69) is 55.4 Å². The van der Waals surface area contributed by atoms with E-state index in [4.69, 9.17) is 9.47 Å². The Labute approximate surface area is 225 Å². The Hall–Kier alpha value is -1.06. The zero-order chi connectivity index (χ0) is 27.4. The van der Waals surface area contributed by atoms with Crippen molar-refractivity contribution in [3.05, 3.63) is 0 Å². The summed E-state index contributed by atoms with van der Waals surface area (Å²) in [5.41, 5.74) is -0.368. The highest BCUT2D eigenvalue weighted by molar-refractivity contribution is 5.77. The summed E-state index contributed by atoms with van der Waals surface area (Å²) in [5, 5.41) is 0. The lowest BCUT2D eigenvalue weighted by molar-refractivity contribution is -0.164. The van der Waals surface area contributed by atoms with Crippen LogP contribution in [0.5, 0.6) is 0 Å². The van der Waals surface area contributed by atoms with E-state index in [1.165, 1.54) is 38.5 Å². The molecule has 0 rings (SSSR count). The Balaban J connectivity index is 4.01. The fraction of sp³-hybridized carbons (Fsp3) is 0.938. The van der Waals surface area contributed by atoms with Crippen molar-refractivity contribution in [1.82, 2.24) is 0 Å². The van der Waals surface area contributed by atoms with Gasteiger partial charge in [0.1, 0.15) is 0 Å². The number of ether oxygens (including phenoxy) is 2. The van der Waals surface area contributed by atoms with Gasteiger partial charge < -0.3 is 9.47 Å². The predicted molar refractivity (Wildman–Crippen MR) is 153 cm³/mol. The van der Waals surface area contributed by atoms with Gasteiger partial charge in [-0.1, -0.05) is 107 Å². The van der Waals surface area contributed by atoms with E-state index in [9.17, 15) is 9.59 Å². The van der Waals surface area contributed by atoms with Crippen LogP contribution in [0.15, 0.2) is 0 Å². The molecule has 0 aliphatic heterocycles. The third kappa shape index (κ3) is 15.9. The molecule has 36 heavy (non-hydrogen) atoms. The highest BCUT2D eigenvalue weighted by Gasteiger charge is 2.45. The minimum atomic E-state index is -0.368. The first kappa shape index (κ1) is 34.9. The van der Waals surface area contributed by atoms with E-state index in [0.29, 0.717) is 31.5 Å². The second kappa shape index (κ2) is 20.9. The molecular weight excluding hydrogens is 448 g/mol. The minimum absolute atomic E-state index is 0.0238. The molecule has 0 aliphatic rings. The van der Waals surface area contributed by atoms with E-state index in [-0.39, 0.29) is 29.2 Å². The lowest BCUT2D eigenvalue weighted by Crippen LogP contribution is -2.42. The molecule has 0 N–H and O–H groups in total. The zero-order valence-electron chi connectivity index (χ0n) is 25.5. The molecule has 0 saturated heterocycles. The van der Waals surface area contributed by atoms with Crippen LogP contribution >= 0.6 is 0 Å². The van der Waals surface area contributed by atoms with E-state index in [1.54, 1.807) is 0 Å². The van der Waals surface area contributed by atoms with E-state index >= 15 is 0 Å². The molecule has 0 saturated carbocycles. The van der Waals surface area contributed by atoms with Gasteiger partial charge in [-0.3, -0.25) is 9.59 Å². The molecule has 0 radical (unpaired) electrons. The van der Waals surface area contributed by atoms with Gasteiger partial charge in [-0.15, -0.1) is 0 Å². The van der Waals surface area contributed by atoms with Crippen molar-refractivity contribution in [1.29, 1.82) is 0 Å². The summed E-state index contributed by atoms with van der Waals surface area (Å²) in [6.07, 6.45) is 16.2. The van der Waals surface area contributed by atoms with Gasteiger partial charge in [-0.05, 0) is 62.2 Å². The van der Waals surface area contributed by atoms with Crippen LogP contribution in [0.25, 0.3) is 0 Å². The van der Waals surface area contributed by atoms with Gasteiger partial charge in [0.05, 0.1) is 18.6 Å². The second-order valence-electron chi connectivity index (χ2n) is 12.5. The van der Waals surface area contributed by atoms with Crippen LogP contribution in [0, 0.1) is 29.1 Å². The number of esters is 2. The summed E-state index contributed by atoms with van der Waals surface area (Å²) in [6, 6.07) is 0. The number of hydrogen-bond donors (Lipinski definition) is 0. The molecule has 0 unspecified atom stereocenters. The molecule has 0 bridgehead atoms. The molecule has 0 heterocycles. The van der Waals surface area contributed by atoms with Gasteiger partial charge in [-0.25, -0.2) is 0 Å². The fourth-order valence-electron chi connectivity index (χ4n) is 5.28. The summed E-state index contributed by atoms with van der Waals surface area (Å²) in [7, 11) is 0. The molecule has 0 fully saturated rings. The summed E-state index contributed by atoms with van der Waals surface area (Å²) >= 11 is 0. The molecule has 0 aliphatic carbocycles. The summed E-state index contributed by atoms with van der Waals surface area (Å²) in [6.45, 7) is 18.7. The highest BCUT2D eigenvalue weighted by atomic mass is 16.5. The standard InChI is InChI=1S/C32H62O4/c1-26(2)20-18-24-35-30(33)22-16-14-12-10-9-11-13-15-17-23-32(28(5)6,29(7)8)31(34)36-25-19-21-27(3)4/h26-29H,9-25H2,1-8H3. The van der Waals surface area contributed by atoms with Crippen molar-refractivity contribution >= 4 is 11.9 Å². The molecule has 4 nitrogen and oxygen atoms in total. The molecule has 0 spiro atoms. The van der Waals surface area contributed by atoms with Gasteiger partial charge >= 0.3 is 11.9 Å². The molecule has 0 aromatic heterocycles. The monoisotopic (exact) mass is 510 g/mol. The number of carbonyl (C=O) groups excluding carboxylic acids is 2. The SMILES string of the molecule is CC(C)CCCOC(=O)CCCCCCCCCCCC(C(=O)OCCCC(C)C)(C(C)C)C(C)C. The van der Waals surface area contributed by atoms with Crippen molar-refractivity contribution in [2.75, 3.05) is 13.2 Å². The Bertz CT molecular complexity index is 542. The van der Waals surface area contributed by atoms with Crippen LogP contribution in [0.4, 0.5) is 0 Å². The lowest BCUT2D eigenvalue weighted by atomic mass is 9.66. The van der Waals surface area contributed by atoms with Crippen LogP contribution in [0.1, 0.15) is 152 Å². The molecule has 214 valence electrons. The normalized spacial score (nSPS) is 12.2. The zero-order valence-corrected chi connectivity index (χ0v) is 25.5. The van der Waals surface area contributed by atoms with Crippen molar-refractivity contribution in [3.63, 3.8) is 0 Å². The van der Waals surface area contributed by atoms with Gasteiger partial charge in [-0.2, -0.15) is 0 Å². The highest BCUT2D eigenvalue weighted by Crippen LogP contribution is 2.42. The van der Waals surface area contributed by atoms with E-state index in [1.807, 2.05) is 0 Å². The first-order chi connectivity index (χ1) is 17.0. The molecule has 4 heteroatoms. The van der Waals surface area contributed by atoms with Crippen LogP contribution in [-0.4, -0.2) is 25.2 Å². The van der Waals surface area contributed by atoms with Crippen molar-refractivity contribution in [2.45, 2.75) is 152 Å². The Morgan fingerprint density at radius 1 is 0.556 bits per heavy atom. The Morgan fingerprint density at radius 2 is 0.972 bits per heavy atom. The molecular formula is C32H62O4. The lowest BCUT2D eigenvalue weighted by Gasteiger charge is -2.39. The Kier molecular flexibility index (Phi) is 20.3. The second-order valence-corrected chi connectivity index (χ2v) is 12.5. The van der Waals surface area contributed by atoms with E-state index in [0.717, 1.165) is 51.4 Å². The quantitative estimate of drug-likeness (QED) is 0.101. The average Bonchev–Trinajstić information content (AvgIpc) is 2.79. The number of unbranched alkanes of at least 4 members (excludes halogenated alkanes) is 8. The smallest absolute Gasteiger partial charge is 0.312 e. The van der Waals surface area contributed by atoms with Gasteiger partial charge in [0.2, 0.25) is 0 Å². The number of carbonyl (C=O) groups is 2. The predicted octanol–water partition coefficient (Wildman–Crippen LogP) is 9.53. The maximum atomic E-state index is 13.2. The molecule has 0 atom stereocenters. The van der Waals surface area contributed by atoms with E-state index < -0.39 is 0 Å². The minimum Gasteiger partial charge on any atom is -0.466 e. The summed E-state index contributed by atoms with van der Waals surface area (Å²) in [4.78, 5) is 24.9. The van der Waals surface area contributed by atoms with Crippen LogP contribution in [0.3, 0.4) is 0 Å². The van der Waals surface area contributed by atoms with Crippen LogP contribution in [-0.2, 0) is 19.1 Å². The third-order valence-electron chi connectivity index (χ3n) is 7.76. The fourth-order valence-corrected chi connectivity index (χ4v) is 5.28. The topological polar surface area (TPSA) is 52.6 Å². The maximum absolute atomic E-state index is 13.2. The first-order valence-electron chi connectivity index (χ1n) is 15.4. The van der Waals surface area contributed by atoms with Gasteiger partial charge in [0, 0.05) is 6.42 Å². The van der Waals surface area contributed by atoms with Gasteiger partial charge in [0.15, 0.2) is 0 Å². The molecule has 0 aromatic rings. The van der Waals surface area contributed by atoms with Crippen molar-refractivity contribution in [3.8, 4) is 0 Å². The maximum Gasteiger partial charge on any atom is 0.312 e. The average molecular weight is 511 g/mol. The van der Waals surface area contributed by atoms with Crippen LogP contribution < -0.4 is 0 Å². The molecule has 0 amide bonds. The summed E-state index contributed by atoms with van der Waals surface area (Å²) in [5.74, 6) is 1.88. The number of rotatable bonds is 23. The van der Waals surface area contributed by atoms with Crippen molar-refractivity contribution < 1.29 is 19.1 Å². The Morgan fingerprint density at radius 3 is 1.42 bits per heavy atom. The third-order valence-corrected chi connectivity index (χ3v) is 7.76. The first-order valence-corrected chi connectivity index (χ1v) is 15.4. The summed E-state index contributed by atoms with van der Waals surface area (Å²) < 4.78 is 11.1. The largest absolute Gasteiger partial charge is 0.466 e. The van der Waals surface area contributed by atoms with Crippen LogP contribution in [0.2, 0.25) is 0 Å². The number of hydrogen-bond acceptors (Lipinski definition) is 4. The van der Waals surface area contributed by atoms with Gasteiger partial charge in [0.25, 0.3) is 0 Å².